The fraction of sp³-hybridized carbons (Fsp3) is 0.300. The molecule has 0 spiro atoms. The predicted octanol–water partition coefficient (Wildman–Crippen LogP) is 1.79. The Labute approximate surface area is 88.6 Å². The predicted molar refractivity (Wildman–Crippen MR) is 56.6 cm³/mol. The van der Waals surface area contributed by atoms with Crippen molar-refractivity contribution in [3.63, 3.8) is 0 Å². The number of rotatable bonds is 2. The van der Waals surface area contributed by atoms with Crippen LogP contribution in [0.1, 0.15) is 23.7 Å². The molecule has 1 aromatic rings. The molecule has 0 saturated heterocycles. The molecule has 0 amide bonds. The molecule has 5 heteroatoms. The van der Waals surface area contributed by atoms with Gasteiger partial charge in [0, 0.05) is 6.42 Å². The quantitative estimate of drug-likeness (QED) is 0.829. The number of para-hydroxylation sites is 1. The Kier molecular flexibility index (Phi) is 2.37. The second-order valence-corrected chi connectivity index (χ2v) is 5.28. The van der Waals surface area contributed by atoms with Crippen molar-refractivity contribution in [2.75, 3.05) is 4.72 Å². The van der Waals surface area contributed by atoms with Crippen molar-refractivity contribution < 1.29 is 8.42 Å². The van der Waals surface area contributed by atoms with E-state index in [-0.39, 0.29) is 6.42 Å². The summed E-state index contributed by atoms with van der Waals surface area (Å²) in [5.41, 5.74) is 1.41. The van der Waals surface area contributed by atoms with E-state index in [1.807, 2.05) is 6.07 Å². The Morgan fingerprint density at radius 2 is 2.13 bits per heavy atom. The first-order valence-corrected chi connectivity index (χ1v) is 6.17. The maximum atomic E-state index is 11.7. The first-order valence-electron chi connectivity index (χ1n) is 4.62. The van der Waals surface area contributed by atoms with Crippen LogP contribution in [0.2, 0.25) is 0 Å². The lowest BCUT2D eigenvalue weighted by Crippen LogP contribution is -2.12. The van der Waals surface area contributed by atoms with Crippen molar-refractivity contribution in [3.8, 4) is 6.07 Å². The Morgan fingerprint density at radius 3 is 2.87 bits per heavy atom. The van der Waals surface area contributed by atoms with E-state index in [0.29, 0.717) is 12.1 Å². The third-order valence-electron chi connectivity index (χ3n) is 2.45. The molecule has 78 valence electrons. The smallest absolute Gasteiger partial charge is 0.239 e. The summed E-state index contributed by atoms with van der Waals surface area (Å²) in [6.45, 7) is 0. The highest BCUT2D eigenvalue weighted by Gasteiger charge is 2.35. The number of nitriles is 1. The van der Waals surface area contributed by atoms with E-state index in [2.05, 4.69) is 4.72 Å². The van der Waals surface area contributed by atoms with Gasteiger partial charge >= 0.3 is 0 Å². The van der Waals surface area contributed by atoms with E-state index in [0.717, 1.165) is 5.56 Å². The minimum atomic E-state index is -3.32. The summed E-state index contributed by atoms with van der Waals surface area (Å²) in [6, 6.07) is 9.08. The van der Waals surface area contributed by atoms with Crippen LogP contribution in [0, 0.1) is 11.3 Å². The zero-order chi connectivity index (χ0) is 10.9. The Morgan fingerprint density at radius 1 is 1.40 bits per heavy atom. The SMILES string of the molecule is N#CCCC1c2ccccc2NS1(=O)=O. The van der Waals surface area contributed by atoms with Crippen LogP contribution in [0.5, 0.6) is 0 Å². The molecular formula is C10H10N2O2S. The van der Waals surface area contributed by atoms with Crippen LogP contribution in [-0.2, 0) is 10.0 Å². The van der Waals surface area contributed by atoms with Crippen molar-refractivity contribution in [1.82, 2.24) is 0 Å². The van der Waals surface area contributed by atoms with Crippen molar-refractivity contribution in [2.45, 2.75) is 18.1 Å². The summed E-state index contributed by atoms with van der Waals surface area (Å²) < 4.78 is 25.9. The molecule has 1 aliphatic rings. The molecule has 1 heterocycles. The third kappa shape index (κ3) is 1.68. The normalized spacial score (nSPS) is 21.4. The number of hydrogen-bond acceptors (Lipinski definition) is 3. The van der Waals surface area contributed by atoms with Crippen LogP contribution < -0.4 is 4.72 Å². The first-order chi connectivity index (χ1) is 7.15. The molecule has 0 aliphatic carbocycles. The molecule has 0 bridgehead atoms. The highest BCUT2D eigenvalue weighted by atomic mass is 32.2. The van der Waals surface area contributed by atoms with Gasteiger partial charge in [0.15, 0.2) is 0 Å². The zero-order valence-corrected chi connectivity index (χ0v) is 8.79. The van der Waals surface area contributed by atoms with E-state index in [1.165, 1.54) is 0 Å². The topological polar surface area (TPSA) is 70.0 Å². The number of fused-ring (bicyclic) bond motifs is 1. The lowest BCUT2D eigenvalue weighted by Gasteiger charge is -2.06. The largest absolute Gasteiger partial charge is 0.283 e. The average molecular weight is 222 g/mol. The summed E-state index contributed by atoms with van der Waals surface area (Å²) in [7, 11) is -3.32. The molecule has 1 N–H and O–H groups in total. The number of anilines is 1. The summed E-state index contributed by atoms with van der Waals surface area (Å²) in [4.78, 5) is 0. The molecular weight excluding hydrogens is 212 g/mol. The number of nitrogens with zero attached hydrogens (tertiary/aromatic N) is 1. The van der Waals surface area contributed by atoms with E-state index >= 15 is 0 Å². The number of hydrogen-bond donors (Lipinski definition) is 1. The minimum absolute atomic E-state index is 0.250. The second-order valence-electron chi connectivity index (χ2n) is 3.42. The van der Waals surface area contributed by atoms with Gasteiger partial charge in [-0.05, 0) is 18.1 Å². The molecule has 15 heavy (non-hydrogen) atoms. The molecule has 4 nitrogen and oxygen atoms in total. The van der Waals surface area contributed by atoms with Gasteiger partial charge < -0.3 is 0 Å². The van der Waals surface area contributed by atoms with Crippen LogP contribution in [-0.4, -0.2) is 8.42 Å². The molecule has 2 rings (SSSR count). The van der Waals surface area contributed by atoms with Crippen molar-refractivity contribution >= 4 is 15.7 Å². The van der Waals surface area contributed by atoms with Crippen LogP contribution in [0.15, 0.2) is 24.3 Å². The summed E-state index contributed by atoms with van der Waals surface area (Å²) in [6.07, 6.45) is 0.600. The van der Waals surface area contributed by atoms with Gasteiger partial charge in [0.25, 0.3) is 0 Å². The molecule has 1 atom stereocenters. The van der Waals surface area contributed by atoms with Gasteiger partial charge in [-0.25, -0.2) is 8.42 Å². The highest BCUT2D eigenvalue weighted by Crippen LogP contribution is 2.39. The number of benzene rings is 1. The van der Waals surface area contributed by atoms with E-state index in [4.69, 9.17) is 5.26 Å². The lowest BCUT2D eigenvalue weighted by atomic mass is 10.1. The van der Waals surface area contributed by atoms with Gasteiger partial charge in [0.05, 0.1) is 11.8 Å². The van der Waals surface area contributed by atoms with E-state index < -0.39 is 15.3 Å². The number of nitrogens with one attached hydrogen (secondary N) is 1. The average Bonchev–Trinajstić information content (AvgIpc) is 2.45. The Bertz CT molecular complexity index is 516. The molecule has 1 aromatic carbocycles. The fourth-order valence-electron chi connectivity index (χ4n) is 1.77. The van der Waals surface area contributed by atoms with E-state index in [9.17, 15) is 8.42 Å². The third-order valence-corrected chi connectivity index (χ3v) is 4.20. The first kappa shape index (κ1) is 9.99. The maximum Gasteiger partial charge on any atom is 0.239 e. The molecule has 0 fully saturated rings. The van der Waals surface area contributed by atoms with E-state index in [1.54, 1.807) is 24.3 Å². The lowest BCUT2D eigenvalue weighted by molar-refractivity contribution is 0.586. The van der Waals surface area contributed by atoms with Gasteiger partial charge in [0.2, 0.25) is 10.0 Å². The van der Waals surface area contributed by atoms with Gasteiger partial charge in [-0.3, -0.25) is 4.72 Å². The summed E-state index contributed by atoms with van der Waals surface area (Å²) in [5.74, 6) is 0. The van der Waals surface area contributed by atoms with Crippen LogP contribution >= 0.6 is 0 Å². The van der Waals surface area contributed by atoms with Gasteiger partial charge in [-0.2, -0.15) is 5.26 Å². The number of sulfonamides is 1. The van der Waals surface area contributed by atoms with Crippen molar-refractivity contribution in [2.24, 2.45) is 0 Å². The molecule has 0 aromatic heterocycles. The molecule has 1 unspecified atom stereocenters. The Balaban J connectivity index is 2.40. The van der Waals surface area contributed by atoms with Crippen molar-refractivity contribution in [1.29, 1.82) is 5.26 Å². The molecule has 0 radical (unpaired) electrons. The Hall–Kier alpha value is -1.54. The van der Waals surface area contributed by atoms with Gasteiger partial charge in [-0.1, -0.05) is 18.2 Å². The van der Waals surface area contributed by atoms with Crippen molar-refractivity contribution in [3.05, 3.63) is 29.8 Å². The van der Waals surface area contributed by atoms with Gasteiger partial charge in [0.1, 0.15) is 5.25 Å². The summed E-state index contributed by atoms with van der Waals surface area (Å²) >= 11 is 0. The molecule has 1 aliphatic heterocycles. The monoisotopic (exact) mass is 222 g/mol. The summed E-state index contributed by atoms with van der Waals surface area (Å²) in [5, 5.41) is 7.90. The van der Waals surface area contributed by atoms with Gasteiger partial charge in [-0.15, -0.1) is 0 Å². The van der Waals surface area contributed by atoms with Crippen LogP contribution in [0.3, 0.4) is 0 Å². The minimum Gasteiger partial charge on any atom is -0.283 e. The second kappa shape index (κ2) is 3.55. The highest BCUT2D eigenvalue weighted by molar-refractivity contribution is 7.93. The fourth-order valence-corrected chi connectivity index (χ4v) is 3.37. The zero-order valence-electron chi connectivity index (χ0n) is 7.97. The maximum absolute atomic E-state index is 11.7. The van der Waals surface area contributed by atoms with Crippen LogP contribution in [0.4, 0.5) is 5.69 Å². The van der Waals surface area contributed by atoms with Crippen LogP contribution in [0.25, 0.3) is 0 Å². The standard InChI is InChI=1S/C10H10N2O2S/c11-7-3-6-10-8-4-1-2-5-9(8)12-15(10,13)14/h1-2,4-5,10,12H,3,6H2. The molecule has 0 saturated carbocycles.